The Kier molecular flexibility index (Phi) is 1.69. The largest absolute Gasteiger partial charge is 0.376 e. The number of aromatic nitrogens is 3. The van der Waals surface area contributed by atoms with Crippen molar-refractivity contribution < 1.29 is 0 Å². The van der Waals surface area contributed by atoms with Gasteiger partial charge >= 0.3 is 0 Å². The fourth-order valence-corrected chi connectivity index (χ4v) is 1.41. The second kappa shape index (κ2) is 2.71. The highest BCUT2D eigenvalue weighted by atomic mass is 32.1. The quantitative estimate of drug-likeness (QED) is 0.541. The van der Waals surface area contributed by atoms with Gasteiger partial charge in [0.2, 0.25) is 0 Å². The molecule has 5 nitrogen and oxygen atoms in total. The molecule has 2 rings (SSSR count). The van der Waals surface area contributed by atoms with E-state index in [1.165, 1.54) is 0 Å². The van der Waals surface area contributed by atoms with Crippen molar-refractivity contribution in [3.63, 3.8) is 0 Å². The molecule has 6 heteroatoms. The van der Waals surface area contributed by atoms with Crippen molar-refractivity contribution in [3.8, 4) is 0 Å². The molecule has 1 aromatic rings. The Balaban J connectivity index is 2.20. The molecule has 0 amide bonds. The lowest BCUT2D eigenvalue weighted by Crippen LogP contribution is -2.41. The zero-order chi connectivity index (χ0) is 8.55. The molecule has 0 saturated heterocycles. The molecule has 64 valence electrons. The van der Waals surface area contributed by atoms with Gasteiger partial charge in [0.05, 0.1) is 6.54 Å². The molecule has 0 aliphatic carbocycles. The molecule has 0 bridgehead atoms. The van der Waals surface area contributed by atoms with E-state index in [-0.39, 0.29) is 0 Å². The molecule has 1 aliphatic rings. The Morgan fingerprint density at radius 2 is 2.42 bits per heavy atom. The molecule has 0 atom stereocenters. The van der Waals surface area contributed by atoms with Crippen molar-refractivity contribution in [1.82, 2.24) is 19.7 Å². The van der Waals surface area contributed by atoms with Crippen LogP contribution in [0.3, 0.4) is 0 Å². The van der Waals surface area contributed by atoms with Crippen LogP contribution < -0.4 is 5.73 Å². The molecule has 2 heterocycles. The van der Waals surface area contributed by atoms with Gasteiger partial charge in [0.15, 0.2) is 10.9 Å². The maximum absolute atomic E-state index is 5.49. The van der Waals surface area contributed by atoms with Crippen molar-refractivity contribution >= 4 is 17.3 Å². The van der Waals surface area contributed by atoms with Gasteiger partial charge in [-0.2, -0.15) is 0 Å². The maximum Gasteiger partial charge on any atom is 0.166 e. The number of rotatable bonds is 0. The first kappa shape index (κ1) is 7.48. The minimum Gasteiger partial charge on any atom is -0.376 e. The average Bonchev–Trinajstić information content (AvgIpc) is 2.49. The molecule has 12 heavy (non-hydrogen) atoms. The van der Waals surface area contributed by atoms with Gasteiger partial charge in [-0.3, -0.25) is 0 Å². The fraction of sp³-hybridized carbons (Fsp3) is 0.500. The van der Waals surface area contributed by atoms with Gasteiger partial charge in [-0.05, 0) is 12.2 Å². The Morgan fingerprint density at radius 3 is 3.17 bits per heavy atom. The predicted molar refractivity (Wildman–Crippen MR) is 47.2 cm³/mol. The molecule has 0 aromatic carbocycles. The molecule has 1 aliphatic heterocycles. The van der Waals surface area contributed by atoms with Crippen LogP contribution in [-0.4, -0.2) is 31.3 Å². The normalized spacial score (nSPS) is 15.8. The minimum absolute atomic E-state index is 0.434. The van der Waals surface area contributed by atoms with Crippen molar-refractivity contribution in [3.05, 3.63) is 12.2 Å². The first-order valence-corrected chi connectivity index (χ1v) is 4.09. The highest BCUT2D eigenvalue weighted by molar-refractivity contribution is 7.80. The summed E-state index contributed by atoms with van der Waals surface area (Å²) in [6.45, 7) is 2.38. The summed E-state index contributed by atoms with van der Waals surface area (Å²) < 4.78 is 2.01. The maximum atomic E-state index is 5.49. The van der Waals surface area contributed by atoms with Crippen molar-refractivity contribution in [1.29, 1.82) is 0 Å². The molecular weight excluding hydrogens is 174 g/mol. The lowest BCUT2D eigenvalue weighted by molar-refractivity contribution is 0.332. The number of nitrogens with two attached hydrogens (primary N) is 1. The average molecular weight is 183 g/mol. The molecule has 0 saturated carbocycles. The van der Waals surface area contributed by atoms with E-state index in [1.807, 2.05) is 9.47 Å². The van der Waals surface area contributed by atoms with E-state index in [4.69, 9.17) is 18.0 Å². The fourth-order valence-electron chi connectivity index (χ4n) is 1.25. The summed E-state index contributed by atoms with van der Waals surface area (Å²) in [7, 11) is 0. The van der Waals surface area contributed by atoms with Crippen LogP contribution in [0.1, 0.15) is 5.82 Å². The molecular formula is C6H9N5S. The Hall–Kier alpha value is -1.17. The number of hydrogen-bond donors (Lipinski definition) is 1. The van der Waals surface area contributed by atoms with Crippen LogP contribution in [0.5, 0.6) is 0 Å². The topological polar surface area (TPSA) is 60.0 Å². The van der Waals surface area contributed by atoms with Gasteiger partial charge in [-0.15, -0.1) is 10.2 Å². The zero-order valence-electron chi connectivity index (χ0n) is 6.47. The highest BCUT2D eigenvalue weighted by Crippen LogP contribution is 2.07. The third-order valence-electron chi connectivity index (χ3n) is 1.95. The summed E-state index contributed by atoms with van der Waals surface area (Å²) in [4.78, 5) is 1.92. The van der Waals surface area contributed by atoms with E-state index in [0.29, 0.717) is 11.7 Å². The summed E-state index contributed by atoms with van der Waals surface area (Å²) >= 11 is 4.86. The Morgan fingerprint density at radius 1 is 1.58 bits per heavy atom. The number of thiocarbonyl (C=S) groups is 1. The number of fused-ring (bicyclic) bond motifs is 1. The molecule has 2 N–H and O–H groups in total. The van der Waals surface area contributed by atoms with E-state index in [1.54, 1.807) is 6.33 Å². The van der Waals surface area contributed by atoms with Gasteiger partial charge in [-0.1, -0.05) is 0 Å². The monoisotopic (exact) mass is 183 g/mol. The minimum atomic E-state index is 0.434. The van der Waals surface area contributed by atoms with Crippen LogP contribution in [0.25, 0.3) is 0 Å². The van der Waals surface area contributed by atoms with Crippen LogP contribution in [0.4, 0.5) is 0 Å². The van der Waals surface area contributed by atoms with Gasteiger partial charge in [0, 0.05) is 13.1 Å². The third-order valence-corrected chi connectivity index (χ3v) is 2.21. The van der Waals surface area contributed by atoms with E-state index in [9.17, 15) is 0 Å². The molecule has 0 fully saturated rings. The van der Waals surface area contributed by atoms with Gasteiger partial charge in [0.25, 0.3) is 0 Å². The SMILES string of the molecule is NC(=S)N1CCn2cnnc2C1. The summed E-state index contributed by atoms with van der Waals surface area (Å²) in [5.41, 5.74) is 5.49. The highest BCUT2D eigenvalue weighted by Gasteiger charge is 2.17. The van der Waals surface area contributed by atoms with Gasteiger partial charge in [0.1, 0.15) is 6.33 Å². The summed E-state index contributed by atoms with van der Waals surface area (Å²) in [5, 5.41) is 8.18. The Bertz CT molecular complexity index is 307. The molecule has 0 radical (unpaired) electrons. The summed E-state index contributed by atoms with van der Waals surface area (Å²) in [5.74, 6) is 0.925. The van der Waals surface area contributed by atoms with Crippen LogP contribution in [0, 0.1) is 0 Å². The van der Waals surface area contributed by atoms with Gasteiger partial charge < -0.3 is 15.2 Å². The molecule has 0 unspecified atom stereocenters. The first-order chi connectivity index (χ1) is 5.77. The first-order valence-electron chi connectivity index (χ1n) is 3.68. The lowest BCUT2D eigenvalue weighted by Gasteiger charge is -2.26. The number of hydrogen-bond acceptors (Lipinski definition) is 3. The standard InChI is InChI=1S/C6H9N5S/c7-6(12)10-1-2-11-4-8-9-5(11)3-10/h4H,1-3H2,(H2,7,12). The lowest BCUT2D eigenvalue weighted by atomic mass is 10.4. The summed E-state index contributed by atoms with van der Waals surface area (Å²) in [6, 6.07) is 0. The second-order valence-corrected chi connectivity index (χ2v) is 3.12. The van der Waals surface area contributed by atoms with Crippen LogP contribution in [0.15, 0.2) is 6.33 Å². The van der Waals surface area contributed by atoms with Crippen molar-refractivity contribution in [2.24, 2.45) is 5.73 Å². The van der Waals surface area contributed by atoms with E-state index < -0.39 is 0 Å². The zero-order valence-corrected chi connectivity index (χ0v) is 7.29. The summed E-state index contributed by atoms with van der Waals surface area (Å²) in [6.07, 6.45) is 1.73. The van der Waals surface area contributed by atoms with Crippen LogP contribution in [0.2, 0.25) is 0 Å². The second-order valence-electron chi connectivity index (χ2n) is 2.70. The van der Waals surface area contributed by atoms with Crippen molar-refractivity contribution in [2.75, 3.05) is 6.54 Å². The smallest absolute Gasteiger partial charge is 0.166 e. The third kappa shape index (κ3) is 1.14. The van der Waals surface area contributed by atoms with E-state index in [0.717, 1.165) is 18.9 Å². The number of nitrogens with zero attached hydrogens (tertiary/aromatic N) is 4. The van der Waals surface area contributed by atoms with E-state index in [2.05, 4.69) is 10.2 Å². The van der Waals surface area contributed by atoms with Crippen LogP contribution in [-0.2, 0) is 13.1 Å². The van der Waals surface area contributed by atoms with Crippen LogP contribution >= 0.6 is 12.2 Å². The molecule has 1 aromatic heterocycles. The predicted octanol–water partition coefficient (Wildman–Crippen LogP) is -0.663. The Labute approximate surface area is 75.2 Å². The molecule has 0 spiro atoms. The van der Waals surface area contributed by atoms with E-state index >= 15 is 0 Å². The van der Waals surface area contributed by atoms with Gasteiger partial charge in [-0.25, -0.2) is 0 Å². The van der Waals surface area contributed by atoms with Crippen molar-refractivity contribution in [2.45, 2.75) is 13.1 Å².